The van der Waals surface area contributed by atoms with Gasteiger partial charge in [-0.3, -0.25) is 9.59 Å². The maximum absolute atomic E-state index is 12.4. The molecule has 6 aliphatic rings. The molecule has 10 heteroatoms. The molecule has 0 aromatic carbocycles. The molecule has 8 nitrogen and oxygen atoms in total. The fraction of sp³-hybridized carbons (Fsp3) is 0.909. The maximum atomic E-state index is 12.4. The van der Waals surface area contributed by atoms with E-state index >= 15 is 0 Å². The van der Waals surface area contributed by atoms with Gasteiger partial charge in [0, 0.05) is 60.0 Å². The molecule has 0 saturated heterocycles. The van der Waals surface area contributed by atoms with Gasteiger partial charge in [0.2, 0.25) is 0 Å². The first-order valence-corrected chi connectivity index (χ1v) is 12.6. The summed E-state index contributed by atoms with van der Waals surface area (Å²) in [4.78, 5) is 24.8. The van der Waals surface area contributed by atoms with Gasteiger partial charge in [-0.2, -0.15) is 0 Å². The molecular weight excluding hydrogens is 552 g/mol. The second kappa shape index (κ2) is 6.29. The van der Waals surface area contributed by atoms with Gasteiger partial charge in [-0.05, 0) is 23.7 Å². The Morgan fingerprint density at radius 3 is 1.72 bits per heavy atom. The van der Waals surface area contributed by atoms with Crippen LogP contribution in [0.25, 0.3) is 0 Å². The molecule has 12 atom stereocenters. The normalized spacial score (nSPS) is 55.8. The van der Waals surface area contributed by atoms with E-state index in [4.69, 9.17) is 28.4 Å². The number of alkyl halides is 2. The summed E-state index contributed by atoms with van der Waals surface area (Å²) in [6.45, 7) is 2.84. The van der Waals surface area contributed by atoms with Gasteiger partial charge < -0.3 is 28.4 Å². The average Bonchev–Trinajstić information content (AvgIpc) is 3.20. The van der Waals surface area contributed by atoms with Crippen molar-refractivity contribution in [2.45, 2.75) is 46.3 Å². The number of fused-ring (bicyclic) bond motifs is 1. The minimum Gasteiger partial charge on any atom is -0.461 e. The van der Waals surface area contributed by atoms with Crippen molar-refractivity contribution in [3.05, 3.63) is 0 Å². The van der Waals surface area contributed by atoms with E-state index in [9.17, 15) is 9.59 Å². The molecule has 0 amide bonds. The monoisotopic (exact) mass is 578 g/mol. The quantitative estimate of drug-likeness (QED) is 0.268. The topological polar surface area (TPSA) is 89.5 Å². The van der Waals surface area contributed by atoms with E-state index < -0.39 is 32.4 Å². The van der Waals surface area contributed by atoms with Crippen LogP contribution in [0.1, 0.15) is 13.8 Å². The number of hydrogen-bond donors (Lipinski definition) is 0. The summed E-state index contributed by atoms with van der Waals surface area (Å²) >= 11 is 8.19. The van der Waals surface area contributed by atoms with Gasteiger partial charge in [-0.15, -0.1) is 0 Å². The fourth-order valence-electron chi connectivity index (χ4n) is 9.91. The molecule has 6 rings (SSSR count). The van der Waals surface area contributed by atoms with E-state index in [1.807, 2.05) is 0 Å². The number of methoxy groups -OCH3 is 4. The summed E-state index contributed by atoms with van der Waals surface area (Å²) in [5, 5.41) is 0. The second-order valence-electron chi connectivity index (χ2n) is 10.2. The molecule has 0 spiro atoms. The van der Waals surface area contributed by atoms with Crippen LogP contribution in [-0.4, -0.2) is 72.8 Å². The summed E-state index contributed by atoms with van der Waals surface area (Å²) in [7, 11) is 6.59. The largest absolute Gasteiger partial charge is 0.461 e. The first-order valence-electron chi connectivity index (χ1n) is 11.0. The molecule has 0 aromatic rings. The van der Waals surface area contributed by atoms with E-state index in [1.54, 1.807) is 28.4 Å². The van der Waals surface area contributed by atoms with E-state index in [1.165, 1.54) is 13.8 Å². The average molecular weight is 580 g/mol. The molecule has 6 fully saturated rings. The molecule has 0 aliphatic heterocycles. The van der Waals surface area contributed by atoms with Crippen molar-refractivity contribution < 1.29 is 38.0 Å². The van der Waals surface area contributed by atoms with Crippen molar-refractivity contribution in [2.24, 2.45) is 47.3 Å². The van der Waals surface area contributed by atoms with Gasteiger partial charge in [0.25, 0.3) is 0 Å². The number of ether oxygens (including phenoxy) is 6. The minimum absolute atomic E-state index is 0.0355. The Hall–Kier alpha value is -0.260. The zero-order valence-corrected chi connectivity index (χ0v) is 22.0. The van der Waals surface area contributed by atoms with Crippen molar-refractivity contribution in [3.63, 3.8) is 0 Å². The van der Waals surface area contributed by atoms with E-state index in [-0.39, 0.29) is 47.4 Å². The van der Waals surface area contributed by atoms with Crippen LogP contribution < -0.4 is 0 Å². The van der Waals surface area contributed by atoms with Crippen LogP contribution in [-0.2, 0) is 38.0 Å². The number of halogens is 2. The minimum atomic E-state index is -1.14. The molecule has 0 N–H and O–H groups in total. The third-order valence-corrected chi connectivity index (χ3v) is 13.0. The summed E-state index contributed by atoms with van der Waals surface area (Å²) in [6.07, 6.45) is -1.18. The Balaban J connectivity index is 1.68. The highest BCUT2D eigenvalue weighted by molar-refractivity contribution is 9.10. The van der Waals surface area contributed by atoms with Crippen LogP contribution in [0.4, 0.5) is 0 Å². The SMILES string of the molecule is COC1(OC)C2C3C4C5C6[C@@H](OC(C)=O)[C@](Br)(C2[C@@H](OC(C)=O)[C@@](Br)(C35)C6(OC)OC)C41. The van der Waals surface area contributed by atoms with E-state index in [0.29, 0.717) is 11.8 Å². The predicted molar refractivity (Wildman–Crippen MR) is 116 cm³/mol. The zero-order chi connectivity index (χ0) is 23.2. The Bertz CT molecular complexity index is 904. The standard InChI is InChI=1S/C22H28Br2O8/c1-7(25)31-17-14-11-9-10-12(11)20(24,22(14,29-5)30-6)18(32-8(2)26)15-13(10)21(27-3,28-4)16(9)19(15,17)23/h9-18H,1-6H3/t9?,10?,11?,12?,13?,14?,15?,16?,17-,18-,19+,20+/m1/s1. The lowest BCUT2D eigenvalue weighted by atomic mass is 9.39. The maximum Gasteiger partial charge on any atom is 0.302 e. The van der Waals surface area contributed by atoms with E-state index in [0.717, 1.165) is 0 Å². The lowest BCUT2D eigenvalue weighted by molar-refractivity contribution is -0.287. The van der Waals surface area contributed by atoms with Gasteiger partial charge in [0.05, 0.1) is 10.2 Å². The number of rotatable bonds is 6. The van der Waals surface area contributed by atoms with E-state index in [2.05, 4.69) is 31.9 Å². The second-order valence-corrected chi connectivity index (χ2v) is 12.9. The highest BCUT2D eigenvalue weighted by Crippen LogP contribution is 2.92. The molecule has 6 saturated carbocycles. The van der Waals surface area contributed by atoms with Crippen LogP contribution in [0.2, 0.25) is 0 Å². The van der Waals surface area contributed by atoms with Crippen LogP contribution in [0, 0.1) is 47.3 Å². The van der Waals surface area contributed by atoms with Crippen LogP contribution >= 0.6 is 31.9 Å². The third kappa shape index (κ3) is 1.80. The van der Waals surface area contributed by atoms with Gasteiger partial charge in [0.1, 0.15) is 16.5 Å². The molecule has 6 aliphatic carbocycles. The highest BCUT2D eigenvalue weighted by Gasteiger charge is 3.00. The summed E-state index contributed by atoms with van der Waals surface area (Å²) in [5.74, 6) is -2.55. The number of hydrogen-bond acceptors (Lipinski definition) is 8. The summed E-state index contributed by atoms with van der Waals surface area (Å²) < 4.78 is 35.5. The highest BCUT2D eigenvalue weighted by atomic mass is 79.9. The molecule has 32 heavy (non-hydrogen) atoms. The fourth-order valence-corrected chi connectivity index (χ4v) is 13.0. The van der Waals surface area contributed by atoms with Crippen molar-refractivity contribution in [1.82, 2.24) is 0 Å². The molecule has 0 heterocycles. The Morgan fingerprint density at radius 1 is 0.688 bits per heavy atom. The van der Waals surface area contributed by atoms with Gasteiger partial charge in [0.15, 0.2) is 11.6 Å². The number of carbonyl (C=O) groups excluding carboxylic acids is 2. The first-order chi connectivity index (χ1) is 15.1. The van der Waals surface area contributed by atoms with Crippen molar-refractivity contribution >= 4 is 43.8 Å². The third-order valence-electron chi connectivity index (χ3n) is 10.00. The lowest BCUT2D eigenvalue weighted by Gasteiger charge is -2.69. The molecule has 178 valence electrons. The molecule has 0 aromatic heterocycles. The smallest absolute Gasteiger partial charge is 0.302 e. The summed E-state index contributed by atoms with van der Waals surface area (Å²) in [5.41, 5.74) is 0. The Labute approximate surface area is 203 Å². The molecule has 2 bridgehead atoms. The Kier molecular flexibility index (Phi) is 4.37. The number of carbonyl (C=O) groups is 2. The Morgan fingerprint density at radius 2 is 1.22 bits per heavy atom. The molecule has 0 radical (unpaired) electrons. The van der Waals surface area contributed by atoms with Crippen LogP contribution in [0.15, 0.2) is 0 Å². The predicted octanol–water partition coefficient (Wildman–Crippen LogP) is 2.11. The van der Waals surface area contributed by atoms with Crippen molar-refractivity contribution in [2.75, 3.05) is 28.4 Å². The van der Waals surface area contributed by atoms with Crippen molar-refractivity contribution in [1.29, 1.82) is 0 Å². The van der Waals surface area contributed by atoms with Crippen LogP contribution in [0.3, 0.4) is 0 Å². The van der Waals surface area contributed by atoms with Crippen LogP contribution in [0.5, 0.6) is 0 Å². The first kappa shape index (κ1) is 22.2. The van der Waals surface area contributed by atoms with Gasteiger partial charge in [-0.25, -0.2) is 0 Å². The van der Waals surface area contributed by atoms with Crippen molar-refractivity contribution in [3.8, 4) is 0 Å². The zero-order valence-electron chi connectivity index (χ0n) is 18.8. The molecular formula is C22H28Br2O8. The van der Waals surface area contributed by atoms with Gasteiger partial charge >= 0.3 is 11.9 Å². The summed E-state index contributed by atoms with van der Waals surface area (Å²) in [6, 6.07) is 0. The lowest BCUT2D eigenvalue weighted by Crippen LogP contribution is -2.76. The molecule has 8 unspecified atom stereocenters. The van der Waals surface area contributed by atoms with Gasteiger partial charge in [-0.1, -0.05) is 31.9 Å². The number of esters is 2.